The summed E-state index contributed by atoms with van der Waals surface area (Å²) >= 11 is 0. The highest BCUT2D eigenvalue weighted by molar-refractivity contribution is 6.07. The van der Waals surface area contributed by atoms with Gasteiger partial charge in [-0.15, -0.1) is 0 Å². The van der Waals surface area contributed by atoms with Crippen LogP contribution in [0.15, 0.2) is 29.0 Å². The molecule has 3 heterocycles. The molecule has 0 aliphatic carbocycles. The van der Waals surface area contributed by atoms with Crippen LogP contribution in [0.4, 0.5) is 0 Å². The molecule has 0 aromatic heterocycles. The van der Waals surface area contributed by atoms with E-state index in [-0.39, 0.29) is 11.9 Å². The van der Waals surface area contributed by atoms with Crippen LogP contribution >= 0.6 is 0 Å². The van der Waals surface area contributed by atoms with Gasteiger partial charge in [-0.1, -0.05) is 12.2 Å². The van der Waals surface area contributed by atoms with Gasteiger partial charge in [-0.25, -0.2) is 5.06 Å². The number of hydroxylamine groups is 2. The van der Waals surface area contributed by atoms with Crippen LogP contribution in [-0.2, 0) is 9.63 Å². The lowest BCUT2D eigenvalue weighted by Crippen LogP contribution is -2.55. The number of nitrogens with one attached hydrogen (secondary N) is 1. The summed E-state index contributed by atoms with van der Waals surface area (Å²) < 4.78 is 0. The van der Waals surface area contributed by atoms with Gasteiger partial charge in [0, 0.05) is 0 Å². The van der Waals surface area contributed by atoms with E-state index in [4.69, 9.17) is 4.84 Å². The van der Waals surface area contributed by atoms with Gasteiger partial charge in [-0.05, 0) is 0 Å². The van der Waals surface area contributed by atoms with Gasteiger partial charge < -0.3 is 10.2 Å². The number of hydrogen-bond donors (Lipinski definition) is 1. The zero-order valence-electron chi connectivity index (χ0n) is 8.88. The molecule has 0 aromatic carbocycles. The number of amidine groups is 1. The van der Waals surface area contributed by atoms with Gasteiger partial charge >= 0.3 is 0 Å². The summed E-state index contributed by atoms with van der Waals surface area (Å²) in [5.74, 6) is 0.794. The summed E-state index contributed by atoms with van der Waals surface area (Å²) in [4.78, 5) is 23.2. The fourth-order valence-corrected chi connectivity index (χ4v) is 2.06. The minimum atomic E-state index is -0.102. The fraction of sp³-hybridized carbons (Fsp3) is 0.400. The molecule has 0 radical (unpaired) electrons. The number of dihydropyridines is 1. The van der Waals surface area contributed by atoms with Crippen molar-refractivity contribution in [3.8, 4) is 0 Å². The van der Waals surface area contributed by atoms with Crippen LogP contribution in [0.3, 0.4) is 0 Å². The highest BCUT2D eigenvalue weighted by atomic mass is 16.7. The van der Waals surface area contributed by atoms with Crippen LogP contribution in [0.5, 0.6) is 0 Å². The van der Waals surface area contributed by atoms with Crippen LogP contribution < -0.4 is 5.32 Å². The van der Waals surface area contributed by atoms with E-state index in [0.29, 0.717) is 18.9 Å². The van der Waals surface area contributed by atoms with Crippen LogP contribution in [-0.4, -0.2) is 48.1 Å². The summed E-state index contributed by atoms with van der Waals surface area (Å²) in [5.41, 5.74) is 0.590. The monoisotopic (exact) mass is 220 g/mol. The maximum Gasteiger partial charge on any atom is 0.270 e. The second-order valence-electron chi connectivity index (χ2n) is 3.76. The number of carbonyl (C=O) groups is 1. The summed E-state index contributed by atoms with van der Waals surface area (Å²) in [6, 6.07) is -0.102. The summed E-state index contributed by atoms with van der Waals surface area (Å²) in [6.45, 7) is 1.18. The largest absolute Gasteiger partial charge is 0.337 e. The number of aliphatic imine (C=N–C) groups is 1. The second kappa shape index (κ2) is 3.34. The quantitative estimate of drug-likeness (QED) is 0.601. The molecule has 1 atom stereocenters. The molecule has 0 saturated carbocycles. The van der Waals surface area contributed by atoms with Crippen molar-refractivity contribution < 1.29 is 9.63 Å². The Morgan fingerprint density at radius 2 is 2.50 bits per heavy atom. The van der Waals surface area contributed by atoms with E-state index in [0.717, 1.165) is 5.84 Å². The van der Waals surface area contributed by atoms with Gasteiger partial charge in [0.05, 0.1) is 19.9 Å². The van der Waals surface area contributed by atoms with E-state index < -0.39 is 0 Å². The van der Waals surface area contributed by atoms with E-state index in [9.17, 15) is 4.79 Å². The van der Waals surface area contributed by atoms with Gasteiger partial charge in [0.2, 0.25) is 0 Å². The lowest BCUT2D eigenvalue weighted by atomic mass is 10.1. The third-order valence-electron chi connectivity index (χ3n) is 2.83. The van der Waals surface area contributed by atoms with Crippen molar-refractivity contribution in [3.63, 3.8) is 0 Å². The van der Waals surface area contributed by atoms with E-state index in [1.54, 1.807) is 18.4 Å². The second-order valence-corrected chi connectivity index (χ2v) is 3.76. The zero-order chi connectivity index (χ0) is 11.1. The molecule has 3 rings (SSSR count). The molecule has 6 heteroatoms. The van der Waals surface area contributed by atoms with Gasteiger partial charge in [-0.2, -0.15) is 0 Å². The number of hydrogen-bond acceptors (Lipinski definition) is 5. The standard InChI is InChI=1S/C10H12N4O2/c1-16-13-5-8-10(15)12-7-3-2-4-11-9(7)14(8)6-13/h2-3,5,7H,4,6H2,1H3,(H,12,15). The zero-order valence-corrected chi connectivity index (χ0v) is 8.88. The minimum Gasteiger partial charge on any atom is -0.337 e. The Morgan fingerprint density at radius 3 is 3.31 bits per heavy atom. The maximum absolute atomic E-state index is 11.8. The normalized spacial score (nSPS) is 27.1. The van der Waals surface area contributed by atoms with Crippen LogP contribution in [0, 0.1) is 0 Å². The Hall–Kier alpha value is -1.82. The number of fused-ring (bicyclic) bond motifs is 3. The Morgan fingerprint density at radius 1 is 1.62 bits per heavy atom. The first-order valence-corrected chi connectivity index (χ1v) is 5.11. The molecule has 0 aromatic rings. The molecule has 3 aliphatic heterocycles. The lowest BCUT2D eigenvalue weighted by Gasteiger charge is -2.34. The average Bonchev–Trinajstić information content (AvgIpc) is 2.74. The Bertz CT molecular complexity index is 427. The smallest absolute Gasteiger partial charge is 0.270 e. The first-order chi connectivity index (χ1) is 7.79. The molecule has 1 N–H and O–H groups in total. The van der Waals surface area contributed by atoms with Crippen molar-refractivity contribution in [2.24, 2.45) is 4.99 Å². The van der Waals surface area contributed by atoms with Crippen molar-refractivity contribution in [3.05, 3.63) is 24.0 Å². The molecular weight excluding hydrogens is 208 g/mol. The van der Waals surface area contributed by atoms with Gasteiger partial charge in [0.1, 0.15) is 24.2 Å². The highest BCUT2D eigenvalue weighted by Crippen LogP contribution is 2.23. The molecule has 84 valence electrons. The molecule has 1 fully saturated rings. The molecule has 1 saturated heterocycles. The fourth-order valence-electron chi connectivity index (χ4n) is 2.06. The minimum absolute atomic E-state index is 0.0879. The predicted octanol–water partition coefficient (Wildman–Crippen LogP) is -0.569. The first kappa shape index (κ1) is 9.41. The van der Waals surface area contributed by atoms with E-state index in [1.165, 1.54) is 0 Å². The van der Waals surface area contributed by atoms with Gasteiger partial charge in [-0.3, -0.25) is 14.6 Å². The van der Waals surface area contributed by atoms with E-state index in [1.807, 2.05) is 17.1 Å². The van der Waals surface area contributed by atoms with Crippen molar-refractivity contribution >= 4 is 11.7 Å². The van der Waals surface area contributed by atoms with Crippen LogP contribution in [0.1, 0.15) is 0 Å². The maximum atomic E-state index is 11.8. The van der Waals surface area contributed by atoms with Crippen LogP contribution in [0.2, 0.25) is 0 Å². The SMILES string of the molecule is CON1C=C2C(=O)NC3C=CCN=C3N2C1. The summed E-state index contributed by atoms with van der Waals surface area (Å²) in [5, 5.41) is 4.49. The first-order valence-electron chi connectivity index (χ1n) is 5.11. The Labute approximate surface area is 92.8 Å². The molecule has 1 unspecified atom stereocenters. The Kier molecular flexibility index (Phi) is 1.97. The summed E-state index contributed by atoms with van der Waals surface area (Å²) in [7, 11) is 1.58. The molecule has 16 heavy (non-hydrogen) atoms. The van der Waals surface area contributed by atoms with E-state index >= 15 is 0 Å². The molecule has 3 aliphatic rings. The van der Waals surface area contributed by atoms with Crippen molar-refractivity contribution in [2.75, 3.05) is 20.3 Å². The lowest BCUT2D eigenvalue weighted by molar-refractivity contribution is -0.119. The van der Waals surface area contributed by atoms with Crippen molar-refractivity contribution in [1.29, 1.82) is 0 Å². The molecule has 1 amide bonds. The molecular formula is C10H12N4O2. The Balaban J connectivity index is 1.95. The third-order valence-corrected chi connectivity index (χ3v) is 2.83. The topological polar surface area (TPSA) is 57.2 Å². The van der Waals surface area contributed by atoms with Crippen LogP contribution in [0.25, 0.3) is 0 Å². The number of rotatable bonds is 1. The van der Waals surface area contributed by atoms with Crippen molar-refractivity contribution in [2.45, 2.75) is 6.04 Å². The number of piperazine rings is 1. The van der Waals surface area contributed by atoms with Crippen molar-refractivity contribution in [1.82, 2.24) is 15.3 Å². The highest BCUT2D eigenvalue weighted by Gasteiger charge is 2.38. The third kappa shape index (κ3) is 1.23. The molecule has 0 spiro atoms. The average molecular weight is 220 g/mol. The van der Waals surface area contributed by atoms with E-state index in [2.05, 4.69) is 10.3 Å². The number of nitrogens with zero attached hydrogens (tertiary/aromatic N) is 3. The number of amides is 1. The summed E-state index contributed by atoms with van der Waals surface area (Å²) in [6.07, 6.45) is 5.60. The van der Waals surface area contributed by atoms with Gasteiger partial charge in [0.15, 0.2) is 0 Å². The number of carbonyl (C=O) groups excluding carboxylic acids is 1. The predicted molar refractivity (Wildman–Crippen MR) is 57.0 cm³/mol. The van der Waals surface area contributed by atoms with Gasteiger partial charge in [0.25, 0.3) is 5.91 Å². The molecule has 0 bridgehead atoms. The molecule has 6 nitrogen and oxygen atoms in total.